The summed E-state index contributed by atoms with van der Waals surface area (Å²) in [6.45, 7) is 7.78. The van der Waals surface area contributed by atoms with Crippen molar-refractivity contribution >= 4 is 11.4 Å². The first-order valence-electron chi connectivity index (χ1n) is 7.21. The average molecular weight is 296 g/mol. The van der Waals surface area contributed by atoms with Crippen molar-refractivity contribution in [2.75, 3.05) is 0 Å². The molecule has 0 bridgehead atoms. The van der Waals surface area contributed by atoms with Gasteiger partial charge < -0.3 is 5.11 Å². The number of nitrogens with zero attached hydrogens (tertiary/aromatic N) is 3. The van der Waals surface area contributed by atoms with Gasteiger partial charge in [0.25, 0.3) is 0 Å². The Labute approximate surface area is 130 Å². The average Bonchev–Trinajstić information content (AvgIpc) is 3.03. The van der Waals surface area contributed by atoms with Crippen molar-refractivity contribution in [1.29, 1.82) is 0 Å². The van der Waals surface area contributed by atoms with E-state index in [0.29, 0.717) is 11.3 Å². The van der Waals surface area contributed by atoms with Gasteiger partial charge in [-0.2, -0.15) is 15.3 Å². The predicted molar refractivity (Wildman–Crippen MR) is 90.4 cm³/mol. The Bertz CT molecular complexity index is 699. The molecule has 0 aliphatic carbocycles. The number of H-pyrrole nitrogens is 1. The minimum atomic E-state index is 0.140. The van der Waals surface area contributed by atoms with Crippen LogP contribution in [0.25, 0.3) is 11.1 Å². The van der Waals surface area contributed by atoms with Gasteiger partial charge in [0.1, 0.15) is 5.75 Å². The van der Waals surface area contributed by atoms with E-state index in [1.807, 2.05) is 19.1 Å². The molecule has 22 heavy (non-hydrogen) atoms. The van der Waals surface area contributed by atoms with E-state index >= 15 is 0 Å². The van der Waals surface area contributed by atoms with Crippen LogP contribution in [0.3, 0.4) is 0 Å². The lowest BCUT2D eigenvalue weighted by Crippen LogP contribution is -1.98. The summed E-state index contributed by atoms with van der Waals surface area (Å²) in [4.78, 5) is 0. The van der Waals surface area contributed by atoms with E-state index in [0.717, 1.165) is 29.7 Å². The summed E-state index contributed by atoms with van der Waals surface area (Å²) in [5.41, 5.74) is 3.90. The minimum Gasteiger partial charge on any atom is -0.507 e. The predicted octanol–water partition coefficient (Wildman–Crippen LogP) is 3.93. The zero-order valence-electron chi connectivity index (χ0n) is 12.9. The van der Waals surface area contributed by atoms with Crippen molar-refractivity contribution in [3.8, 4) is 16.9 Å². The molecule has 114 valence electrons. The lowest BCUT2D eigenvalue weighted by Gasteiger charge is -2.06. The van der Waals surface area contributed by atoms with Gasteiger partial charge in [-0.25, -0.2) is 0 Å². The molecule has 0 amide bonds. The molecule has 2 N–H and O–H groups in total. The van der Waals surface area contributed by atoms with Crippen LogP contribution in [-0.2, 0) is 0 Å². The van der Waals surface area contributed by atoms with Gasteiger partial charge in [0, 0.05) is 23.0 Å². The van der Waals surface area contributed by atoms with Crippen LogP contribution in [0.1, 0.15) is 32.3 Å². The number of aromatic amines is 1. The largest absolute Gasteiger partial charge is 0.507 e. The van der Waals surface area contributed by atoms with E-state index in [-0.39, 0.29) is 5.75 Å². The molecule has 1 aromatic heterocycles. The maximum Gasteiger partial charge on any atom is 0.125 e. The molecule has 0 saturated carbocycles. The summed E-state index contributed by atoms with van der Waals surface area (Å²) in [7, 11) is 0. The maximum atomic E-state index is 10.3. The fourth-order valence-electron chi connectivity index (χ4n) is 2.09. The summed E-state index contributed by atoms with van der Waals surface area (Å²) in [5.74, 6) is 0.140. The first-order valence-corrected chi connectivity index (χ1v) is 7.21. The van der Waals surface area contributed by atoms with Gasteiger partial charge in [0.2, 0.25) is 0 Å². The van der Waals surface area contributed by atoms with Crippen LogP contribution in [-0.4, -0.2) is 26.7 Å². The number of hydrogen-bond donors (Lipinski definition) is 2. The zero-order chi connectivity index (χ0) is 15.9. The Kier molecular flexibility index (Phi) is 5.25. The fraction of sp³-hybridized carbons (Fsp3) is 0.235. The molecule has 0 atom stereocenters. The number of aromatic nitrogens is 2. The first-order chi connectivity index (χ1) is 10.7. The van der Waals surface area contributed by atoms with Crippen LogP contribution in [0.15, 0.2) is 53.5 Å². The van der Waals surface area contributed by atoms with Crippen LogP contribution in [0.5, 0.6) is 5.75 Å². The maximum absolute atomic E-state index is 10.3. The molecule has 1 aromatic carbocycles. The highest BCUT2D eigenvalue weighted by Crippen LogP contribution is 2.26. The van der Waals surface area contributed by atoms with Crippen LogP contribution in [0, 0.1) is 0 Å². The Morgan fingerprint density at radius 2 is 2.18 bits per heavy atom. The van der Waals surface area contributed by atoms with E-state index in [2.05, 4.69) is 33.9 Å². The summed E-state index contributed by atoms with van der Waals surface area (Å²) in [6.07, 6.45) is 7.00. The molecular formula is C17H20N4O. The van der Waals surface area contributed by atoms with E-state index in [1.54, 1.807) is 24.5 Å². The highest BCUT2D eigenvalue weighted by atomic mass is 16.3. The van der Waals surface area contributed by atoms with Gasteiger partial charge in [0.05, 0.1) is 11.9 Å². The molecule has 2 aromatic rings. The third-order valence-electron chi connectivity index (χ3n) is 3.24. The van der Waals surface area contributed by atoms with Crippen molar-refractivity contribution in [2.24, 2.45) is 10.2 Å². The Balaban J connectivity index is 2.32. The summed E-state index contributed by atoms with van der Waals surface area (Å²) < 4.78 is 0. The van der Waals surface area contributed by atoms with E-state index in [9.17, 15) is 5.11 Å². The molecule has 0 fully saturated rings. The van der Waals surface area contributed by atoms with Crippen molar-refractivity contribution in [2.45, 2.75) is 26.7 Å². The number of nitrogens with one attached hydrogen (secondary N) is 1. The minimum absolute atomic E-state index is 0.140. The molecular weight excluding hydrogens is 276 g/mol. The number of aromatic hydroxyl groups is 1. The highest BCUT2D eigenvalue weighted by Gasteiger charge is 2.09. The van der Waals surface area contributed by atoms with Crippen molar-refractivity contribution in [1.82, 2.24) is 10.2 Å². The molecule has 0 radical (unpaired) electrons. The van der Waals surface area contributed by atoms with E-state index in [4.69, 9.17) is 0 Å². The highest BCUT2D eigenvalue weighted by molar-refractivity contribution is 6.10. The van der Waals surface area contributed by atoms with Crippen molar-refractivity contribution < 1.29 is 5.11 Å². The smallest absolute Gasteiger partial charge is 0.125 e. The number of allylic oxidation sites excluding steroid dienone is 1. The standard InChI is InChI=1S/C17H20N4O/c1-4-6-12(3)20-21-16(5-2)15-8-7-13(9-17(15)22)14-10-18-19-11-14/h5,7-11,22H,2,4,6H2,1,3H3,(H,18,19)/b20-12+,21-16+. The number of hydrogen-bond acceptors (Lipinski definition) is 4. The van der Waals surface area contributed by atoms with Gasteiger partial charge in [-0.3, -0.25) is 5.10 Å². The third kappa shape index (κ3) is 3.69. The van der Waals surface area contributed by atoms with Gasteiger partial charge in [0.15, 0.2) is 0 Å². The van der Waals surface area contributed by atoms with Crippen LogP contribution in [0.2, 0.25) is 0 Å². The molecule has 5 heteroatoms. The fourth-order valence-corrected chi connectivity index (χ4v) is 2.09. The first kappa shape index (κ1) is 15.7. The molecule has 0 unspecified atom stereocenters. The number of phenolic OH excluding ortho intramolecular Hbond substituents is 1. The number of phenols is 1. The van der Waals surface area contributed by atoms with Crippen LogP contribution >= 0.6 is 0 Å². The third-order valence-corrected chi connectivity index (χ3v) is 3.24. The number of rotatable bonds is 6. The van der Waals surface area contributed by atoms with Crippen molar-refractivity contribution in [3.63, 3.8) is 0 Å². The summed E-state index contributed by atoms with van der Waals surface area (Å²) in [6, 6.07) is 5.40. The second kappa shape index (κ2) is 7.36. The topological polar surface area (TPSA) is 73.6 Å². The lowest BCUT2D eigenvalue weighted by molar-refractivity contribution is 0.474. The molecule has 1 heterocycles. The van der Waals surface area contributed by atoms with Gasteiger partial charge in [-0.1, -0.05) is 26.0 Å². The summed E-state index contributed by atoms with van der Waals surface area (Å²) in [5, 5.41) is 25.3. The van der Waals surface area contributed by atoms with Gasteiger partial charge in [-0.05, 0) is 37.1 Å². The normalized spacial score (nSPS) is 12.5. The number of benzene rings is 1. The zero-order valence-corrected chi connectivity index (χ0v) is 12.9. The van der Waals surface area contributed by atoms with E-state index in [1.165, 1.54) is 0 Å². The second-order valence-electron chi connectivity index (χ2n) is 4.99. The SMILES string of the molecule is C=C/C(=N\N=C(/C)CCC)c1ccc(-c2cn[nH]c2)cc1O. The van der Waals surface area contributed by atoms with Crippen LogP contribution < -0.4 is 0 Å². The van der Waals surface area contributed by atoms with E-state index < -0.39 is 0 Å². The van der Waals surface area contributed by atoms with Gasteiger partial charge >= 0.3 is 0 Å². The molecule has 5 nitrogen and oxygen atoms in total. The molecule has 0 spiro atoms. The quantitative estimate of drug-likeness (QED) is 0.626. The molecule has 2 rings (SSSR count). The Hall–Kier alpha value is -2.69. The molecule has 0 aliphatic heterocycles. The Morgan fingerprint density at radius 3 is 2.77 bits per heavy atom. The monoisotopic (exact) mass is 296 g/mol. The second-order valence-corrected chi connectivity index (χ2v) is 4.99. The van der Waals surface area contributed by atoms with Gasteiger partial charge in [-0.15, -0.1) is 0 Å². The van der Waals surface area contributed by atoms with Crippen LogP contribution in [0.4, 0.5) is 0 Å². The lowest BCUT2D eigenvalue weighted by atomic mass is 10.0. The summed E-state index contributed by atoms with van der Waals surface area (Å²) >= 11 is 0. The Morgan fingerprint density at radius 1 is 1.36 bits per heavy atom. The van der Waals surface area contributed by atoms with Crippen molar-refractivity contribution in [3.05, 3.63) is 48.8 Å². The molecule has 0 aliphatic rings. The molecule has 0 saturated heterocycles.